The van der Waals surface area contributed by atoms with Crippen molar-refractivity contribution in [3.8, 4) is 0 Å². The molecule has 0 spiro atoms. The molecule has 0 radical (unpaired) electrons. The van der Waals surface area contributed by atoms with E-state index in [1.165, 1.54) is 18.2 Å². The number of benzene rings is 3. The molecular formula is C25H25N3O5. The first-order valence-corrected chi connectivity index (χ1v) is 10.6. The summed E-state index contributed by atoms with van der Waals surface area (Å²) in [5.41, 5.74) is 2.53. The van der Waals surface area contributed by atoms with E-state index in [4.69, 9.17) is 5.11 Å². The maximum absolute atomic E-state index is 12.2. The molecule has 3 N–H and O–H groups in total. The fraction of sp³-hybridized carbons (Fsp3) is 0.200. The average molecular weight is 447 g/mol. The van der Waals surface area contributed by atoms with Crippen LogP contribution in [0.25, 0.3) is 0 Å². The number of nitrogens with one attached hydrogen (secondary N) is 2. The minimum Gasteiger partial charge on any atom is -0.481 e. The molecule has 0 unspecified atom stereocenters. The Morgan fingerprint density at radius 1 is 0.909 bits per heavy atom. The van der Waals surface area contributed by atoms with Gasteiger partial charge in [0, 0.05) is 30.6 Å². The van der Waals surface area contributed by atoms with E-state index in [2.05, 4.69) is 34.9 Å². The second kappa shape index (κ2) is 11.4. The summed E-state index contributed by atoms with van der Waals surface area (Å²) in [5, 5.41) is 25.8. The lowest BCUT2D eigenvalue weighted by Gasteiger charge is -2.19. The molecule has 0 aliphatic rings. The van der Waals surface area contributed by atoms with Crippen molar-refractivity contribution in [1.82, 2.24) is 5.32 Å². The molecule has 0 saturated carbocycles. The molecule has 8 heteroatoms. The molecule has 3 rings (SSSR count). The molecule has 0 fully saturated rings. The Hall–Kier alpha value is -4.20. The van der Waals surface area contributed by atoms with Crippen LogP contribution in [0.4, 0.5) is 11.4 Å². The van der Waals surface area contributed by atoms with Crippen molar-refractivity contribution in [3.63, 3.8) is 0 Å². The first kappa shape index (κ1) is 23.5. The van der Waals surface area contributed by atoms with Gasteiger partial charge in [-0.1, -0.05) is 60.7 Å². The molecule has 1 amide bonds. The van der Waals surface area contributed by atoms with Crippen LogP contribution in [-0.4, -0.2) is 35.0 Å². The number of nitro groups is 1. The van der Waals surface area contributed by atoms with E-state index in [1.54, 1.807) is 0 Å². The molecule has 0 aliphatic carbocycles. The Morgan fingerprint density at radius 2 is 1.52 bits per heavy atom. The smallest absolute Gasteiger partial charge is 0.305 e. The summed E-state index contributed by atoms with van der Waals surface area (Å²) in [6.45, 7) is 0.432. The van der Waals surface area contributed by atoms with Crippen LogP contribution in [0.15, 0.2) is 78.9 Å². The summed E-state index contributed by atoms with van der Waals surface area (Å²) in [6, 6.07) is 24.3. The number of carboxylic acid groups (broad SMARTS) is 1. The van der Waals surface area contributed by atoms with Crippen LogP contribution in [0.2, 0.25) is 0 Å². The molecule has 0 aliphatic heterocycles. The lowest BCUT2D eigenvalue weighted by atomic mass is 9.88. The first-order chi connectivity index (χ1) is 16.0. The summed E-state index contributed by atoms with van der Waals surface area (Å²) < 4.78 is 0. The standard InChI is InChI=1S/C25H25N3O5/c29-24(30)14-16-27-25(31)20-11-12-22(23(17-20)28(32)33)26-15-13-21(18-7-3-1-4-8-18)19-9-5-2-6-10-19/h1-12,17,21,26H,13-16H2,(H,27,31)(H,29,30). The normalized spacial score (nSPS) is 10.6. The lowest BCUT2D eigenvalue weighted by Crippen LogP contribution is -2.26. The molecule has 0 aromatic heterocycles. The minimum atomic E-state index is -1.04. The second-order valence-electron chi connectivity index (χ2n) is 7.48. The number of hydrogen-bond donors (Lipinski definition) is 3. The van der Waals surface area contributed by atoms with Gasteiger partial charge >= 0.3 is 5.97 Å². The number of anilines is 1. The number of carboxylic acids is 1. The van der Waals surface area contributed by atoms with Crippen molar-refractivity contribution in [2.75, 3.05) is 18.4 Å². The van der Waals surface area contributed by atoms with Crippen molar-refractivity contribution in [3.05, 3.63) is 106 Å². The number of carbonyl (C=O) groups excluding carboxylic acids is 1. The van der Waals surface area contributed by atoms with E-state index in [0.29, 0.717) is 18.7 Å². The zero-order valence-electron chi connectivity index (χ0n) is 17.9. The molecule has 3 aromatic rings. The Kier molecular flexibility index (Phi) is 8.13. The van der Waals surface area contributed by atoms with Gasteiger partial charge in [0.05, 0.1) is 11.3 Å². The summed E-state index contributed by atoms with van der Waals surface area (Å²) in [4.78, 5) is 33.8. The van der Waals surface area contributed by atoms with Crippen molar-refractivity contribution in [2.24, 2.45) is 0 Å². The molecule has 0 heterocycles. The number of rotatable bonds is 11. The Morgan fingerprint density at radius 3 is 2.06 bits per heavy atom. The topological polar surface area (TPSA) is 122 Å². The molecule has 170 valence electrons. The zero-order chi connectivity index (χ0) is 23.6. The van der Waals surface area contributed by atoms with Gasteiger partial charge in [-0.2, -0.15) is 0 Å². The van der Waals surface area contributed by atoms with E-state index in [1.807, 2.05) is 36.4 Å². The molecule has 0 atom stereocenters. The van der Waals surface area contributed by atoms with Gasteiger partial charge in [-0.05, 0) is 29.7 Å². The fourth-order valence-corrected chi connectivity index (χ4v) is 3.61. The van der Waals surface area contributed by atoms with Crippen molar-refractivity contribution in [2.45, 2.75) is 18.8 Å². The SMILES string of the molecule is O=C(O)CCNC(=O)c1ccc(NCCC(c2ccccc2)c2ccccc2)c([N+](=O)[O-])c1. The van der Waals surface area contributed by atoms with Crippen molar-refractivity contribution in [1.29, 1.82) is 0 Å². The highest BCUT2D eigenvalue weighted by atomic mass is 16.6. The van der Waals surface area contributed by atoms with Crippen molar-refractivity contribution >= 4 is 23.3 Å². The van der Waals surface area contributed by atoms with E-state index in [9.17, 15) is 19.7 Å². The summed E-state index contributed by atoms with van der Waals surface area (Å²) in [5.74, 6) is -1.47. The van der Waals surface area contributed by atoms with Crippen LogP contribution in [0, 0.1) is 10.1 Å². The van der Waals surface area contributed by atoms with E-state index >= 15 is 0 Å². The Labute approximate surface area is 191 Å². The Bertz CT molecular complexity index is 1060. The predicted molar refractivity (Wildman–Crippen MR) is 126 cm³/mol. The van der Waals surface area contributed by atoms with E-state index in [0.717, 1.165) is 11.1 Å². The van der Waals surface area contributed by atoms with Gasteiger partial charge in [-0.25, -0.2) is 0 Å². The van der Waals surface area contributed by atoms with Crippen LogP contribution in [0.5, 0.6) is 0 Å². The third kappa shape index (κ3) is 6.64. The molecule has 8 nitrogen and oxygen atoms in total. The predicted octanol–water partition coefficient (Wildman–Crippen LogP) is 4.43. The monoisotopic (exact) mass is 447 g/mol. The highest BCUT2D eigenvalue weighted by Gasteiger charge is 2.19. The number of amides is 1. The van der Waals surface area contributed by atoms with Gasteiger partial charge in [-0.3, -0.25) is 19.7 Å². The van der Waals surface area contributed by atoms with Gasteiger partial charge in [0.2, 0.25) is 0 Å². The van der Waals surface area contributed by atoms with Crippen LogP contribution in [0.3, 0.4) is 0 Å². The molecule has 0 saturated heterocycles. The molecular weight excluding hydrogens is 422 g/mol. The quantitative estimate of drug-likeness (QED) is 0.295. The third-order valence-electron chi connectivity index (χ3n) is 5.23. The van der Waals surface area contributed by atoms with Gasteiger partial charge in [0.25, 0.3) is 11.6 Å². The number of nitro benzene ring substituents is 1. The van der Waals surface area contributed by atoms with Gasteiger partial charge < -0.3 is 15.7 Å². The molecule has 0 bridgehead atoms. The first-order valence-electron chi connectivity index (χ1n) is 10.6. The van der Waals surface area contributed by atoms with Gasteiger partial charge in [0.1, 0.15) is 5.69 Å². The third-order valence-corrected chi connectivity index (χ3v) is 5.23. The summed E-state index contributed by atoms with van der Waals surface area (Å²) in [6.07, 6.45) is 0.486. The summed E-state index contributed by atoms with van der Waals surface area (Å²) >= 11 is 0. The average Bonchev–Trinajstić information content (AvgIpc) is 2.82. The number of carbonyl (C=O) groups is 2. The highest BCUT2D eigenvalue weighted by Crippen LogP contribution is 2.30. The second-order valence-corrected chi connectivity index (χ2v) is 7.48. The number of aliphatic carboxylic acids is 1. The lowest BCUT2D eigenvalue weighted by molar-refractivity contribution is -0.384. The Balaban J connectivity index is 1.71. The fourth-order valence-electron chi connectivity index (χ4n) is 3.61. The van der Waals surface area contributed by atoms with Crippen molar-refractivity contribution < 1.29 is 19.6 Å². The largest absolute Gasteiger partial charge is 0.481 e. The van der Waals surface area contributed by atoms with Crippen LogP contribution < -0.4 is 10.6 Å². The summed E-state index contributed by atoms with van der Waals surface area (Å²) in [7, 11) is 0. The van der Waals surface area contributed by atoms with Crippen LogP contribution >= 0.6 is 0 Å². The molecule has 33 heavy (non-hydrogen) atoms. The molecule has 3 aromatic carbocycles. The maximum Gasteiger partial charge on any atom is 0.305 e. The van der Waals surface area contributed by atoms with Gasteiger partial charge in [0.15, 0.2) is 0 Å². The van der Waals surface area contributed by atoms with Crippen LogP contribution in [0.1, 0.15) is 40.2 Å². The zero-order valence-corrected chi connectivity index (χ0v) is 17.9. The maximum atomic E-state index is 12.2. The van der Waals surface area contributed by atoms with E-state index < -0.39 is 16.8 Å². The number of nitrogens with zero attached hydrogens (tertiary/aromatic N) is 1. The van der Waals surface area contributed by atoms with Crippen LogP contribution in [-0.2, 0) is 4.79 Å². The van der Waals surface area contributed by atoms with Gasteiger partial charge in [-0.15, -0.1) is 0 Å². The minimum absolute atomic E-state index is 0.0532. The van der Waals surface area contributed by atoms with E-state index in [-0.39, 0.29) is 30.1 Å². The highest BCUT2D eigenvalue weighted by molar-refractivity contribution is 5.95. The number of hydrogen-bond acceptors (Lipinski definition) is 5.